The molecule has 1 aliphatic heterocycles. The predicted molar refractivity (Wildman–Crippen MR) is 72.9 cm³/mol. The number of hydrogen-bond acceptors (Lipinski definition) is 3. The maximum absolute atomic E-state index is 11.3. The van der Waals surface area contributed by atoms with Crippen LogP contribution in [0.15, 0.2) is 23.1 Å². The second-order valence-corrected chi connectivity index (χ2v) is 5.72. The summed E-state index contributed by atoms with van der Waals surface area (Å²) in [7, 11) is 1.79. The summed E-state index contributed by atoms with van der Waals surface area (Å²) < 4.78 is 1.62. The molecule has 1 saturated heterocycles. The Hall–Kier alpha value is -1.29. The van der Waals surface area contributed by atoms with Gasteiger partial charge in [-0.25, -0.2) is 0 Å². The monoisotopic (exact) mass is 247 g/mol. The lowest BCUT2D eigenvalue weighted by Crippen LogP contribution is -2.31. The lowest BCUT2D eigenvalue weighted by molar-refractivity contribution is 0.257. The van der Waals surface area contributed by atoms with Crippen molar-refractivity contribution >= 4 is 5.69 Å². The largest absolute Gasteiger partial charge is 0.380 e. The first-order valence-electron chi connectivity index (χ1n) is 6.82. The summed E-state index contributed by atoms with van der Waals surface area (Å²) in [5, 5.41) is 3.55. The minimum absolute atomic E-state index is 0.0416. The molecule has 1 aliphatic carbocycles. The molecular formula is C14H21N3O. The van der Waals surface area contributed by atoms with Gasteiger partial charge in [-0.05, 0) is 32.3 Å². The Bertz CT molecular complexity index is 492. The summed E-state index contributed by atoms with van der Waals surface area (Å²) >= 11 is 0. The van der Waals surface area contributed by atoms with Gasteiger partial charge in [-0.15, -0.1) is 0 Å². The Morgan fingerprint density at radius 3 is 2.78 bits per heavy atom. The van der Waals surface area contributed by atoms with Crippen molar-refractivity contribution in [2.75, 3.05) is 11.9 Å². The predicted octanol–water partition coefficient (Wildman–Crippen LogP) is 1.42. The van der Waals surface area contributed by atoms with Gasteiger partial charge in [0.25, 0.3) is 0 Å². The highest BCUT2D eigenvalue weighted by Gasteiger charge is 2.38. The average Bonchev–Trinajstić information content (AvgIpc) is 3.09. The fraction of sp³-hybridized carbons (Fsp3) is 0.643. The van der Waals surface area contributed by atoms with Gasteiger partial charge in [-0.1, -0.05) is 0 Å². The molecule has 2 atom stereocenters. The molecule has 2 unspecified atom stereocenters. The highest BCUT2D eigenvalue weighted by molar-refractivity contribution is 5.41. The van der Waals surface area contributed by atoms with Gasteiger partial charge in [0, 0.05) is 44.0 Å². The fourth-order valence-electron chi connectivity index (χ4n) is 2.99. The van der Waals surface area contributed by atoms with Crippen molar-refractivity contribution in [2.45, 2.75) is 44.3 Å². The van der Waals surface area contributed by atoms with E-state index in [0.29, 0.717) is 12.1 Å². The first-order chi connectivity index (χ1) is 8.63. The van der Waals surface area contributed by atoms with Crippen LogP contribution in [-0.4, -0.2) is 34.1 Å². The van der Waals surface area contributed by atoms with Crippen molar-refractivity contribution in [1.29, 1.82) is 0 Å². The van der Waals surface area contributed by atoms with Crippen LogP contribution in [0.3, 0.4) is 0 Å². The zero-order valence-electron chi connectivity index (χ0n) is 11.1. The summed E-state index contributed by atoms with van der Waals surface area (Å²) in [4.78, 5) is 14.0. The van der Waals surface area contributed by atoms with E-state index in [-0.39, 0.29) is 5.56 Å². The van der Waals surface area contributed by atoms with Gasteiger partial charge in [-0.3, -0.25) is 9.69 Å². The highest BCUT2D eigenvalue weighted by atomic mass is 16.1. The van der Waals surface area contributed by atoms with Crippen LogP contribution in [0.5, 0.6) is 0 Å². The smallest absolute Gasteiger partial charge is 0.250 e. The van der Waals surface area contributed by atoms with Crippen molar-refractivity contribution in [3.8, 4) is 0 Å². The van der Waals surface area contributed by atoms with Gasteiger partial charge in [-0.2, -0.15) is 0 Å². The molecule has 1 aromatic heterocycles. The van der Waals surface area contributed by atoms with Crippen LogP contribution in [0.2, 0.25) is 0 Å². The maximum Gasteiger partial charge on any atom is 0.250 e. The third-order valence-electron chi connectivity index (χ3n) is 4.10. The van der Waals surface area contributed by atoms with E-state index in [1.165, 1.54) is 19.3 Å². The zero-order valence-corrected chi connectivity index (χ0v) is 11.1. The molecule has 18 heavy (non-hydrogen) atoms. The van der Waals surface area contributed by atoms with Gasteiger partial charge in [0.1, 0.15) is 0 Å². The van der Waals surface area contributed by atoms with Crippen LogP contribution >= 0.6 is 0 Å². The van der Waals surface area contributed by atoms with Crippen LogP contribution in [0.4, 0.5) is 5.69 Å². The summed E-state index contributed by atoms with van der Waals surface area (Å²) in [6, 6.07) is 5.54. The van der Waals surface area contributed by atoms with Crippen LogP contribution in [0.25, 0.3) is 0 Å². The summed E-state index contributed by atoms with van der Waals surface area (Å²) in [5.41, 5.74) is 1.09. The second-order valence-electron chi connectivity index (χ2n) is 5.72. The van der Waals surface area contributed by atoms with Gasteiger partial charge in [0.2, 0.25) is 5.56 Å². The molecule has 3 rings (SSSR count). The first kappa shape index (κ1) is 11.8. The lowest BCUT2D eigenvalue weighted by Gasteiger charge is -2.20. The molecule has 4 heteroatoms. The van der Waals surface area contributed by atoms with E-state index < -0.39 is 0 Å². The molecule has 0 aromatic carbocycles. The number of aryl methyl sites for hydroxylation is 1. The lowest BCUT2D eigenvalue weighted by atomic mass is 10.2. The molecule has 1 saturated carbocycles. The minimum Gasteiger partial charge on any atom is -0.380 e. The number of hydrogen-bond donors (Lipinski definition) is 1. The minimum atomic E-state index is 0.0416. The van der Waals surface area contributed by atoms with Crippen molar-refractivity contribution in [1.82, 2.24) is 9.47 Å². The van der Waals surface area contributed by atoms with E-state index in [2.05, 4.69) is 17.1 Å². The second kappa shape index (κ2) is 4.43. The normalized spacial score (nSPS) is 28.6. The van der Waals surface area contributed by atoms with E-state index in [4.69, 9.17) is 0 Å². The third kappa shape index (κ3) is 2.29. The van der Waals surface area contributed by atoms with Crippen molar-refractivity contribution in [2.24, 2.45) is 7.05 Å². The highest BCUT2D eigenvalue weighted by Crippen LogP contribution is 2.33. The average molecular weight is 247 g/mol. The number of likely N-dealkylation sites (tertiary alicyclic amines) is 1. The molecular weight excluding hydrogens is 226 g/mol. The molecule has 2 aliphatic rings. The van der Waals surface area contributed by atoms with E-state index >= 15 is 0 Å². The molecule has 2 fully saturated rings. The standard InChI is InChI=1S/C14H21N3O/c1-10-7-12(9-17(10)13-4-5-13)15-11-3-6-14(18)16(2)8-11/h3,6,8,10,12-13,15H,4-5,7,9H2,1-2H3. The molecule has 0 radical (unpaired) electrons. The van der Waals surface area contributed by atoms with E-state index in [1.54, 1.807) is 17.7 Å². The van der Waals surface area contributed by atoms with Gasteiger partial charge >= 0.3 is 0 Å². The Kier molecular flexibility index (Phi) is 2.90. The molecule has 0 bridgehead atoms. The van der Waals surface area contributed by atoms with Crippen LogP contribution in [-0.2, 0) is 7.05 Å². The molecule has 4 nitrogen and oxygen atoms in total. The molecule has 1 N–H and O–H groups in total. The van der Waals surface area contributed by atoms with Crippen LogP contribution in [0, 0.1) is 0 Å². The number of anilines is 1. The molecule has 1 aromatic rings. The zero-order chi connectivity index (χ0) is 12.7. The fourth-order valence-corrected chi connectivity index (χ4v) is 2.99. The van der Waals surface area contributed by atoms with E-state index in [9.17, 15) is 4.79 Å². The molecule has 0 spiro atoms. The van der Waals surface area contributed by atoms with Gasteiger partial charge in [0.15, 0.2) is 0 Å². The number of pyridine rings is 1. The van der Waals surface area contributed by atoms with E-state index in [0.717, 1.165) is 18.3 Å². The van der Waals surface area contributed by atoms with Crippen molar-refractivity contribution in [3.05, 3.63) is 28.7 Å². The van der Waals surface area contributed by atoms with Gasteiger partial charge < -0.3 is 9.88 Å². The van der Waals surface area contributed by atoms with Crippen molar-refractivity contribution in [3.63, 3.8) is 0 Å². The number of nitrogens with zero attached hydrogens (tertiary/aromatic N) is 2. The number of nitrogens with one attached hydrogen (secondary N) is 1. The van der Waals surface area contributed by atoms with Gasteiger partial charge in [0.05, 0.1) is 5.69 Å². The third-order valence-corrected chi connectivity index (χ3v) is 4.10. The van der Waals surface area contributed by atoms with E-state index in [1.807, 2.05) is 12.3 Å². The summed E-state index contributed by atoms with van der Waals surface area (Å²) in [5.74, 6) is 0. The topological polar surface area (TPSA) is 37.3 Å². The molecule has 0 amide bonds. The quantitative estimate of drug-likeness (QED) is 0.878. The Balaban J connectivity index is 1.66. The maximum atomic E-state index is 11.3. The number of rotatable bonds is 3. The number of aromatic nitrogens is 1. The SMILES string of the molecule is CC1CC(Nc2ccc(=O)n(C)c2)CN1C1CC1. The summed E-state index contributed by atoms with van der Waals surface area (Å²) in [6.07, 6.45) is 5.82. The molecule has 98 valence electrons. The first-order valence-corrected chi connectivity index (χ1v) is 6.82. The molecule has 2 heterocycles. The Labute approximate surface area is 108 Å². The summed E-state index contributed by atoms with van der Waals surface area (Å²) in [6.45, 7) is 3.45. The van der Waals surface area contributed by atoms with Crippen LogP contribution < -0.4 is 10.9 Å². The van der Waals surface area contributed by atoms with Crippen LogP contribution in [0.1, 0.15) is 26.2 Å². The van der Waals surface area contributed by atoms with Crippen molar-refractivity contribution < 1.29 is 0 Å². The Morgan fingerprint density at radius 2 is 2.11 bits per heavy atom. The Morgan fingerprint density at radius 1 is 1.33 bits per heavy atom.